The Morgan fingerprint density at radius 3 is 2.75 bits per heavy atom. The van der Waals surface area contributed by atoms with Gasteiger partial charge in [0.25, 0.3) is 0 Å². The third-order valence-electron chi connectivity index (χ3n) is 2.24. The van der Waals surface area contributed by atoms with Crippen LogP contribution < -0.4 is 10.4 Å². The maximum atomic E-state index is 11.9. The van der Waals surface area contributed by atoms with Crippen LogP contribution in [0.2, 0.25) is 0 Å². The van der Waals surface area contributed by atoms with Gasteiger partial charge in [0.05, 0.1) is 5.69 Å². The van der Waals surface area contributed by atoms with Gasteiger partial charge in [-0.05, 0) is 32.4 Å². The number of fused-ring (bicyclic) bond motifs is 1. The molecule has 0 aromatic heterocycles. The second-order valence-electron chi connectivity index (χ2n) is 4.78. The third kappa shape index (κ3) is 2.17. The molecule has 0 saturated carbocycles. The molecule has 16 heavy (non-hydrogen) atoms. The third-order valence-corrected chi connectivity index (χ3v) is 2.24. The summed E-state index contributed by atoms with van der Waals surface area (Å²) in [5, 5.41) is 1.46. The first kappa shape index (κ1) is 11.0. The second kappa shape index (κ2) is 3.79. The van der Waals surface area contributed by atoms with Gasteiger partial charge in [0.2, 0.25) is 0 Å². The Balaban J connectivity index is 2.16. The van der Waals surface area contributed by atoms with Crippen LogP contribution in [0.15, 0.2) is 24.3 Å². The van der Waals surface area contributed by atoms with Crippen molar-refractivity contribution in [1.82, 2.24) is 5.43 Å². The van der Waals surface area contributed by atoms with Crippen molar-refractivity contribution in [2.45, 2.75) is 32.9 Å². The summed E-state index contributed by atoms with van der Waals surface area (Å²) in [6.45, 7) is 6.22. The molecular weight excluding hydrogens is 204 g/mol. The molecule has 1 aromatic carbocycles. The highest BCUT2D eigenvalue weighted by Gasteiger charge is 2.28. The van der Waals surface area contributed by atoms with Crippen LogP contribution in [0.5, 0.6) is 0 Å². The normalized spacial score (nSPS) is 14.8. The van der Waals surface area contributed by atoms with E-state index in [2.05, 4.69) is 5.43 Å². The van der Waals surface area contributed by atoms with E-state index in [9.17, 15) is 4.79 Å². The number of ether oxygens (including phenoxy) is 1. The molecular formula is C12H16N2O2. The van der Waals surface area contributed by atoms with Crippen LogP contribution in [0, 0.1) is 0 Å². The molecule has 0 fully saturated rings. The maximum Gasteiger partial charge on any atom is 0.429 e. The summed E-state index contributed by atoms with van der Waals surface area (Å²) in [6.07, 6.45) is -0.363. The highest BCUT2D eigenvalue weighted by molar-refractivity contribution is 5.89. The highest BCUT2D eigenvalue weighted by Crippen LogP contribution is 2.25. The first-order chi connectivity index (χ1) is 7.47. The summed E-state index contributed by atoms with van der Waals surface area (Å²) in [5.74, 6) is 0. The number of anilines is 1. The van der Waals surface area contributed by atoms with Gasteiger partial charge in [-0.25, -0.2) is 15.2 Å². The van der Waals surface area contributed by atoms with Crippen molar-refractivity contribution >= 4 is 11.8 Å². The van der Waals surface area contributed by atoms with E-state index >= 15 is 0 Å². The minimum absolute atomic E-state index is 0.363. The van der Waals surface area contributed by atoms with Crippen LogP contribution in [-0.2, 0) is 11.3 Å². The molecule has 2 rings (SSSR count). The Kier molecular flexibility index (Phi) is 2.59. The van der Waals surface area contributed by atoms with Crippen LogP contribution >= 0.6 is 0 Å². The standard InChI is InChI=1S/C12H16N2O2/c1-12(2,3)16-11(15)14-10-7-5-4-6-9(10)8-13-14/h4-7,13H,8H2,1-3H3. The zero-order valence-corrected chi connectivity index (χ0v) is 9.78. The van der Waals surface area contributed by atoms with Gasteiger partial charge in [0.15, 0.2) is 0 Å². The Morgan fingerprint density at radius 2 is 2.06 bits per heavy atom. The Bertz CT molecular complexity index is 410. The summed E-state index contributed by atoms with van der Waals surface area (Å²) in [4.78, 5) is 11.9. The molecule has 1 aliphatic heterocycles. The molecule has 0 bridgehead atoms. The molecule has 0 unspecified atom stereocenters. The average molecular weight is 220 g/mol. The topological polar surface area (TPSA) is 41.6 Å². The molecule has 0 atom stereocenters. The van der Waals surface area contributed by atoms with Crippen molar-refractivity contribution in [1.29, 1.82) is 0 Å². The summed E-state index contributed by atoms with van der Waals surface area (Å²) in [6, 6.07) is 7.76. The lowest BCUT2D eigenvalue weighted by Gasteiger charge is -2.24. The number of hydrogen-bond acceptors (Lipinski definition) is 3. The number of nitrogens with zero attached hydrogens (tertiary/aromatic N) is 1. The maximum absolute atomic E-state index is 11.9. The van der Waals surface area contributed by atoms with Gasteiger partial charge in [0, 0.05) is 6.54 Å². The average Bonchev–Trinajstić information content (AvgIpc) is 2.58. The van der Waals surface area contributed by atoms with Gasteiger partial charge in [-0.3, -0.25) is 0 Å². The summed E-state index contributed by atoms with van der Waals surface area (Å²) < 4.78 is 5.30. The molecule has 1 amide bonds. The number of carbonyl (C=O) groups is 1. The Morgan fingerprint density at radius 1 is 1.38 bits per heavy atom. The quantitative estimate of drug-likeness (QED) is 0.730. The number of carbonyl (C=O) groups excluding carboxylic acids is 1. The van der Waals surface area contributed by atoms with Gasteiger partial charge in [-0.15, -0.1) is 0 Å². The van der Waals surface area contributed by atoms with E-state index in [1.54, 1.807) is 0 Å². The minimum Gasteiger partial charge on any atom is -0.442 e. The second-order valence-corrected chi connectivity index (χ2v) is 4.78. The van der Waals surface area contributed by atoms with Crippen molar-refractivity contribution < 1.29 is 9.53 Å². The lowest BCUT2D eigenvalue weighted by Crippen LogP contribution is -2.41. The van der Waals surface area contributed by atoms with Crippen molar-refractivity contribution in [3.63, 3.8) is 0 Å². The molecule has 0 radical (unpaired) electrons. The molecule has 0 aliphatic carbocycles. The fraction of sp³-hybridized carbons (Fsp3) is 0.417. The number of amides is 1. The van der Waals surface area contributed by atoms with Crippen LogP contribution in [0.4, 0.5) is 10.5 Å². The Labute approximate surface area is 95.2 Å². The van der Waals surface area contributed by atoms with E-state index in [0.717, 1.165) is 11.3 Å². The van der Waals surface area contributed by atoms with E-state index in [0.29, 0.717) is 6.54 Å². The van der Waals surface area contributed by atoms with Gasteiger partial charge in [-0.2, -0.15) is 0 Å². The first-order valence-corrected chi connectivity index (χ1v) is 5.32. The van der Waals surface area contributed by atoms with Crippen LogP contribution in [-0.4, -0.2) is 11.7 Å². The molecule has 4 nitrogen and oxygen atoms in total. The predicted octanol–water partition coefficient (Wildman–Crippen LogP) is 2.45. The van der Waals surface area contributed by atoms with E-state index in [4.69, 9.17) is 4.74 Å². The van der Waals surface area contributed by atoms with Crippen LogP contribution in [0.1, 0.15) is 26.3 Å². The number of para-hydroxylation sites is 1. The summed E-state index contributed by atoms with van der Waals surface area (Å²) in [7, 11) is 0. The van der Waals surface area contributed by atoms with Gasteiger partial charge in [-0.1, -0.05) is 18.2 Å². The SMILES string of the molecule is CC(C)(C)OC(=O)N1NCc2ccccc21. The number of hydrogen-bond donors (Lipinski definition) is 1. The predicted molar refractivity (Wildman–Crippen MR) is 62.0 cm³/mol. The first-order valence-electron chi connectivity index (χ1n) is 5.32. The largest absolute Gasteiger partial charge is 0.442 e. The lowest BCUT2D eigenvalue weighted by molar-refractivity contribution is 0.0565. The van der Waals surface area contributed by atoms with E-state index in [1.807, 2.05) is 45.0 Å². The van der Waals surface area contributed by atoms with Crippen LogP contribution in [0.25, 0.3) is 0 Å². The zero-order valence-electron chi connectivity index (χ0n) is 9.78. The fourth-order valence-corrected chi connectivity index (χ4v) is 1.60. The minimum atomic E-state index is -0.476. The Hall–Kier alpha value is -1.55. The molecule has 1 heterocycles. The van der Waals surface area contributed by atoms with E-state index in [-0.39, 0.29) is 6.09 Å². The molecule has 0 saturated heterocycles. The smallest absolute Gasteiger partial charge is 0.429 e. The van der Waals surface area contributed by atoms with Crippen LogP contribution in [0.3, 0.4) is 0 Å². The van der Waals surface area contributed by atoms with Crippen molar-refractivity contribution in [3.8, 4) is 0 Å². The number of rotatable bonds is 0. The highest BCUT2D eigenvalue weighted by atomic mass is 16.6. The van der Waals surface area contributed by atoms with E-state index < -0.39 is 5.60 Å². The zero-order chi connectivity index (χ0) is 11.8. The van der Waals surface area contributed by atoms with Crippen molar-refractivity contribution in [3.05, 3.63) is 29.8 Å². The fourth-order valence-electron chi connectivity index (χ4n) is 1.60. The number of nitrogens with one attached hydrogen (secondary N) is 1. The van der Waals surface area contributed by atoms with Gasteiger partial charge < -0.3 is 4.74 Å². The molecule has 0 spiro atoms. The lowest BCUT2D eigenvalue weighted by atomic mass is 10.2. The van der Waals surface area contributed by atoms with E-state index in [1.165, 1.54) is 5.01 Å². The molecule has 1 aromatic rings. The molecule has 1 aliphatic rings. The van der Waals surface area contributed by atoms with Gasteiger partial charge in [0.1, 0.15) is 5.60 Å². The van der Waals surface area contributed by atoms with Gasteiger partial charge >= 0.3 is 6.09 Å². The molecule has 4 heteroatoms. The molecule has 1 N–H and O–H groups in total. The monoisotopic (exact) mass is 220 g/mol. The number of hydrazine groups is 1. The number of benzene rings is 1. The molecule has 86 valence electrons. The summed E-state index contributed by atoms with van der Waals surface area (Å²) in [5.41, 5.74) is 4.50. The van der Waals surface area contributed by atoms with Crippen molar-refractivity contribution in [2.24, 2.45) is 0 Å². The summed E-state index contributed by atoms with van der Waals surface area (Å²) >= 11 is 0. The van der Waals surface area contributed by atoms with Crippen molar-refractivity contribution in [2.75, 3.05) is 5.01 Å².